The molecule has 1 heterocycles. The molecule has 25 heavy (non-hydrogen) atoms. The Morgan fingerprint density at radius 1 is 1.24 bits per heavy atom. The SMILES string of the molecule is C[C@H](Oc1ccc(Br)cc1)C(=O)N[C@H]1CC(C)(C)Oc2ccccc21. The predicted molar refractivity (Wildman–Crippen MR) is 101 cm³/mol. The van der Waals surface area contributed by atoms with E-state index in [1.54, 1.807) is 6.92 Å². The number of carbonyl (C=O) groups is 1. The van der Waals surface area contributed by atoms with Crippen molar-refractivity contribution in [3.05, 3.63) is 58.6 Å². The summed E-state index contributed by atoms with van der Waals surface area (Å²) in [6, 6.07) is 15.2. The molecule has 3 rings (SSSR count). The summed E-state index contributed by atoms with van der Waals surface area (Å²) in [7, 11) is 0. The Labute approximate surface area is 156 Å². The minimum absolute atomic E-state index is 0.0941. The third-order valence-electron chi connectivity index (χ3n) is 4.19. The van der Waals surface area contributed by atoms with Crippen LogP contribution in [0.2, 0.25) is 0 Å². The van der Waals surface area contributed by atoms with Crippen molar-refractivity contribution in [1.29, 1.82) is 0 Å². The van der Waals surface area contributed by atoms with Gasteiger partial charge in [0.1, 0.15) is 17.1 Å². The lowest BCUT2D eigenvalue weighted by Crippen LogP contribution is -2.44. The van der Waals surface area contributed by atoms with Gasteiger partial charge in [-0.25, -0.2) is 0 Å². The van der Waals surface area contributed by atoms with E-state index in [1.807, 2.05) is 62.4 Å². The molecule has 0 saturated carbocycles. The van der Waals surface area contributed by atoms with E-state index in [0.717, 1.165) is 15.8 Å². The number of hydrogen-bond acceptors (Lipinski definition) is 3. The van der Waals surface area contributed by atoms with Gasteiger partial charge in [0.15, 0.2) is 6.10 Å². The van der Waals surface area contributed by atoms with Crippen molar-refractivity contribution >= 4 is 21.8 Å². The Kier molecular flexibility index (Phi) is 5.04. The third-order valence-corrected chi connectivity index (χ3v) is 4.72. The smallest absolute Gasteiger partial charge is 0.261 e. The van der Waals surface area contributed by atoms with Crippen LogP contribution in [0.5, 0.6) is 11.5 Å². The van der Waals surface area contributed by atoms with Crippen molar-refractivity contribution in [3.63, 3.8) is 0 Å². The second-order valence-electron chi connectivity index (χ2n) is 6.88. The van der Waals surface area contributed by atoms with Crippen LogP contribution in [0.3, 0.4) is 0 Å². The van der Waals surface area contributed by atoms with E-state index in [1.165, 1.54) is 0 Å². The van der Waals surface area contributed by atoms with Crippen molar-refractivity contribution in [1.82, 2.24) is 5.32 Å². The molecule has 2 aromatic rings. The molecular formula is C20H22BrNO3. The van der Waals surface area contributed by atoms with Crippen LogP contribution in [0.1, 0.15) is 38.8 Å². The Hall–Kier alpha value is -2.01. The Morgan fingerprint density at radius 3 is 2.64 bits per heavy atom. The van der Waals surface area contributed by atoms with Crippen molar-refractivity contribution in [2.75, 3.05) is 0 Å². The van der Waals surface area contributed by atoms with Gasteiger partial charge in [0.25, 0.3) is 5.91 Å². The lowest BCUT2D eigenvalue weighted by atomic mass is 9.89. The van der Waals surface area contributed by atoms with E-state index in [0.29, 0.717) is 12.2 Å². The van der Waals surface area contributed by atoms with Gasteiger partial charge in [-0.1, -0.05) is 34.1 Å². The number of rotatable bonds is 4. The topological polar surface area (TPSA) is 47.6 Å². The number of fused-ring (bicyclic) bond motifs is 1. The second-order valence-corrected chi connectivity index (χ2v) is 7.79. The van der Waals surface area contributed by atoms with Crippen LogP contribution in [0, 0.1) is 0 Å². The average molecular weight is 404 g/mol. The van der Waals surface area contributed by atoms with Gasteiger partial charge in [-0.05, 0) is 51.1 Å². The van der Waals surface area contributed by atoms with E-state index < -0.39 is 6.10 Å². The first-order valence-corrected chi connectivity index (χ1v) is 9.14. The highest BCUT2D eigenvalue weighted by Gasteiger charge is 2.35. The van der Waals surface area contributed by atoms with Gasteiger partial charge < -0.3 is 14.8 Å². The number of halogens is 1. The molecule has 1 N–H and O–H groups in total. The van der Waals surface area contributed by atoms with E-state index in [4.69, 9.17) is 9.47 Å². The maximum absolute atomic E-state index is 12.6. The van der Waals surface area contributed by atoms with Gasteiger partial charge in [-0.3, -0.25) is 4.79 Å². The quantitative estimate of drug-likeness (QED) is 0.808. The lowest BCUT2D eigenvalue weighted by molar-refractivity contribution is -0.128. The highest BCUT2D eigenvalue weighted by molar-refractivity contribution is 9.10. The Bertz CT molecular complexity index is 758. The van der Waals surface area contributed by atoms with Gasteiger partial charge in [0, 0.05) is 16.5 Å². The highest BCUT2D eigenvalue weighted by atomic mass is 79.9. The average Bonchev–Trinajstić information content (AvgIpc) is 2.56. The summed E-state index contributed by atoms with van der Waals surface area (Å²) >= 11 is 3.39. The maximum Gasteiger partial charge on any atom is 0.261 e. The van der Waals surface area contributed by atoms with Gasteiger partial charge in [-0.2, -0.15) is 0 Å². The largest absolute Gasteiger partial charge is 0.487 e. The lowest BCUT2D eigenvalue weighted by Gasteiger charge is -2.38. The number of carbonyl (C=O) groups excluding carboxylic acids is 1. The zero-order valence-electron chi connectivity index (χ0n) is 14.6. The number of nitrogens with one attached hydrogen (secondary N) is 1. The zero-order valence-corrected chi connectivity index (χ0v) is 16.2. The minimum atomic E-state index is -0.584. The molecule has 1 aliphatic rings. The number of hydrogen-bond donors (Lipinski definition) is 1. The molecule has 1 amide bonds. The Morgan fingerprint density at radius 2 is 1.92 bits per heavy atom. The van der Waals surface area contributed by atoms with Crippen molar-refractivity contribution < 1.29 is 14.3 Å². The predicted octanol–water partition coefficient (Wildman–Crippen LogP) is 4.64. The zero-order chi connectivity index (χ0) is 18.0. The molecule has 0 aliphatic carbocycles. The molecule has 2 aromatic carbocycles. The van der Waals surface area contributed by atoms with E-state index in [-0.39, 0.29) is 17.6 Å². The summed E-state index contributed by atoms with van der Waals surface area (Å²) in [6.45, 7) is 5.82. The van der Waals surface area contributed by atoms with Crippen LogP contribution in [0.4, 0.5) is 0 Å². The van der Waals surface area contributed by atoms with Crippen LogP contribution in [0.15, 0.2) is 53.0 Å². The van der Waals surface area contributed by atoms with Crippen LogP contribution in [0.25, 0.3) is 0 Å². The number of benzene rings is 2. The molecule has 2 atom stereocenters. The van der Waals surface area contributed by atoms with Crippen LogP contribution in [-0.4, -0.2) is 17.6 Å². The van der Waals surface area contributed by atoms with Gasteiger partial charge in [0.05, 0.1) is 6.04 Å². The third kappa shape index (κ3) is 4.34. The number of ether oxygens (including phenoxy) is 2. The van der Waals surface area contributed by atoms with E-state index in [2.05, 4.69) is 21.2 Å². The van der Waals surface area contributed by atoms with E-state index >= 15 is 0 Å². The summed E-state index contributed by atoms with van der Waals surface area (Å²) < 4.78 is 12.7. The molecule has 0 aromatic heterocycles. The minimum Gasteiger partial charge on any atom is -0.487 e. The van der Waals surface area contributed by atoms with E-state index in [9.17, 15) is 4.79 Å². The van der Waals surface area contributed by atoms with Crippen molar-refractivity contribution in [2.45, 2.75) is 44.9 Å². The fourth-order valence-corrected chi connectivity index (χ4v) is 3.26. The van der Waals surface area contributed by atoms with Crippen LogP contribution < -0.4 is 14.8 Å². The fraction of sp³-hybridized carbons (Fsp3) is 0.350. The molecule has 5 heteroatoms. The molecule has 4 nitrogen and oxygen atoms in total. The van der Waals surface area contributed by atoms with Gasteiger partial charge in [-0.15, -0.1) is 0 Å². The highest BCUT2D eigenvalue weighted by Crippen LogP contribution is 2.39. The molecule has 1 aliphatic heterocycles. The molecule has 132 valence electrons. The fourth-order valence-electron chi connectivity index (χ4n) is 2.99. The van der Waals surface area contributed by atoms with Gasteiger partial charge in [0.2, 0.25) is 0 Å². The number of para-hydroxylation sites is 1. The Balaban J connectivity index is 1.70. The van der Waals surface area contributed by atoms with Crippen molar-refractivity contribution in [3.8, 4) is 11.5 Å². The molecule has 0 bridgehead atoms. The number of amides is 1. The first-order valence-electron chi connectivity index (χ1n) is 8.35. The van der Waals surface area contributed by atoms with Crippen LogP contribution >= 0.6 is 15.9 Å². The maximum atomic E-state index is 12.6. The van der Waals surface area contributed by atoms with Crippen molar-refractivity contribution in [2.24, 2.45) is 0 Å². The molecular weight excluding hydrogens is 382 g/mol. The first kappa shape index (κ1) is 17.8. The molecule has 0 spiro atoms. The molecule has 0 radical (unpaired) electrons. The molecule has 0 unspecified atom stereocenters. The summed E-state index contributed by atoms with van der Waals surface area (Å²) in [5.41, 5.74) is 0.674. The second kappa shape index (κ2) is 7.08. The standard InChI is InChI=1S/C20H22BrNO3/c1-13(24-15-10-8-14(21)9-11-15)19(23)22-17-12-20(2,3)25-18-7-5-4-6-16(17)18/h4-11,13,17H,12H2,1-3H3,(H,22,23)/t13-,17-/m0/s1. The summed E-state index contributed by atoms with van der Waals surface area (Å²) in [5.74, 6) is 1.35. The van der Waals surface area contributed by atoms with Gasteiger partial charge >= 0.3 is 0 Å². The summed E-state index contributed by atoms with van der Waals surface area (Å²) in [6.07, 6.45) is 0.125. The van der Waals surface area contributed by atoms with Crippen LogP contribution in [-0.2, 0) is 4.79 Å². The molecule has 0 fully saturated rings. The first-order chi connectivity index (χ1) is 11.8. The molecule has 0 saturated heterocycles. The monoisotopic (exact) mass is 403 g/mol. The summed E-state index contributed by atoms with van der Waals surface area (Å²) in [4.78, 5) is 12.6. The summed E-state index contributed by atoms with van der Waals surface area (Å²) in [5, 5.41) is 3.11. The normalized spacial score (nSPS) is 19.3.